The molecular weight excluding hydrogens is 513 g/mol. The summed E-state index contributed by atoms with van der Waals surface area (Å²) >= 11 is 6.21. The van der Waals surface area contributed by atoms with Gasteiger partial charge in [-0.3, -0.25) is 14.5 Å². The molecule has 1 N–H and O–H groups in total. The van der Waals surface area contributed by atoms with E-state index >= 15 is 0 Å². The molecule has 9 heteroatoms. The Morgan fingerprint density at radius 2 is 2.17 bits per heavy atom. The number of imide groups is 1. The van der Waals surface area contributed by atoms with Gasteiger partial charge in [-0.2, -0.15) is 0 Å². The molecule has 0 unspecified atom stereocenters. The van der Waals surface area contributed by atoms with Crippen LogP contribution in [0.15, 0.2) is 34.2 Å². The highest BCUT2D eigenvalue weighted by Gasteiger charge is 2.34. The molecule has 0 atom stereocenters. The van der Waals surface area contributed by atoms with Gasteiger partial charge in [0.15, 0.2) is 6.61 Å². The summed E-state index contributed by atoms with van der Waals surface area (Å²) in [6.45, 7) is 3.25. The smallest absolute Gasteiger partial charge is 0.341 e. The Morgan fingerprint density at radius 3 is 2.75 bits per heavy atom. The van der Waals surface area contributed by atoms with Gasteiger partial charge in [0, 0.05) is 6.54 Å². The molecule has 2 rings (SSSR count). The van der Waals surface area contributed by atoms with E-state index in [1.807, 2.05) is 22.6 Å². The van der Waals surface area contributed by atoms with Gasteiger partial charge < -0.3 is 9.84 Å². The third-order valence-corrected chi connectivity index (χ3v) is 5.14. The van der Waals surface area contributed by atoms with Crippen LogP contribution in [-0.4, -0.2) is 40.3 Å². The second kappa shape index (κ2) is 8.17. The first-order valence-corrected chi connectivity index (χ1v) is 9.22. The van der Waals surface area contributed by atoms with Crippen LogP contribution in [0.5, 0.6) is 5.75 Å². The number of aliphatic carboxylic acids is 1. The van der Waals surface area contributed by atoms with E-state index in [4.69, 9.17) is 9.84 Å². The molecule has 0 saturated carbocycles. The molecule has 0 spiro atoms. The zero-order chi connectivity index (χ0) is 17.9. The number of carboxylic acids is 1. The van der Waals surface area contributed by atoms with Crippen LogP contribution in [-0.2, 0) is 9.59 Å². The minimum absolute atomic E-state index is 0.172. The summed E-state index contributed by atoms with van der Waals surface area (Å²) in [7, 11) is 0. The number of nitrogens with zero attached hydrogens (tertiary/aromatic N) is 1. The maximum atomic E-state index is 12.2. The topological polar surface area (TPSA) is 83.9 Å². The van der Waals surface area contributed by atoms with Crippen LogP contribution in [0.2, 0.25) is 0 Å². The maximum Gasteiger partial charge on any atom is 0.341 e. The number of hydrogen-bond acceptors (Lipinski definition) is 5. The van der Waals surface area contributed by atoms with Crippen LogP contribution in [0.1, 0.15) is 5.56 Å². The molecule has 126 valence electrons. The van der Waals surface area contributed by atoms with Gasteiger partial charge in [0.2, 0.25) is 0 Å². The molecular formula is C15H11BrINO5S. The zero-order valence-electron chi connectivity index (χ0n) is 12.1. The van der Waals surface area contributed by atoms with Crippen LogP contribution in [0.25, 0.3) is 6.08 Å². The third-order valence-electron chi connectivity index (χ3n) is 2.84. The lowest BCUT2D eigenvalue weighted by Crippen LogP contribution is -2.27. The molecule has 0 aliphatic carbocycles. The van der Waals surface area contributed by atoms with Crippen LogP contribution >= 0.6 is 50.3 Å². The van der Waals surface area contributed by atoms with Crippen molar-refractivity contribution < 1.29 is 24.2 Å². The summed E-state index contributed by atoms with van der Waals surface area (Å²) < 4.78 is 6.46. The van der Waals surface area contributed by atoms with Crippen molar-refractivity contribution in [3.05, 3.63) is 43.3 Å². The Bertz CT molecular complexity index is 741. The van der Waals surface area contributed by atoms with Gasteiger partial charge in [-0.15, -0.1) is 6.58 Å². The van der Waals surface area contributed by atoms with Crippen molar-refractivity contribution in [3.8, 4) is 5.75 Å². The summed E-state index contributed by atoms with van der Waals surface area (Å²) in [5.74, 6) is -1.02. The summed E-state index contributed by atoms with van der Waals surface area (Å²) in [5.41, 5.74) is 0.693. The number of carboxylic acid groups (broad SMARTS) is 1. The number of rotatable bonds is 6. The standard InChI is InChI=1S/C15H11BrINO5S/c1-2-3-18-14(21)11(24-15(18)22)6-8-4-9(16)13(10(17)5-8)23-7-12(19)20/h2,4-6H,1,3,7H2,(H,19,20)/b11-6+. The molecule has 1 aromatic carbocycles. The fourth-order valence-electron chi connectivity index (χ4n) is 1.87. The van der Waals surface area contributed by atoms with Gasteiger partial charge in [0.05, 0.1) is 12.9 Å². The molecule has 1 aliphatic rings. The summed E-state index contributed by atoms with van der Waals surface area (Å²) in [6.07, 6.45) is 3.11. The summed E-state index contributed by atoms with van der Waals surface area (Å²) in [6, 6.07) is 3.44. The molecule has 1 aromatic rings. The summed E-state index contributed by atoms with van der Waals surface area (Å²) in [5, 5.41) is 8.36. The molecule has 1 fully saturated rings. The molecule has 6 nitrogen and oxygen atoms in total. The highest BCUT2D eigenvalue weighted by Crippen LogP contribution is 2.36. The van der Waals surface area contributed by atoms with E-state index in [1.165, 1.54) is 6.08 Å². The predicted octanol–water partition coefficient (Wildman–Crippen LogP) is 3.74. The number of carbonyl (C=O) groups excluding carboxylic acids is 2. The first-order valence-electron chi connectivity index (χ1n) is 6.53. The van der Waals surface area contributed by atoms with E-state index in [0.717, 1.165) is 16.7 Å². The maximum absolute atomic E-state index is 12.2. The van der Waals surface area contributed by atoms with E-state index < -0.39 is 12.6 Å². The second-order valence-corrected chi connectivity index (χ2v) is 7.59. The molecule has 1 heterocycles. The second-order valence-electron chi connectivity index (χ2n) is 4.58. The quantitative estimate of drug-likeness (QED) is 0.347. The summed E-state index contributed by atoms with van der Waals surface area (Å²) in [4.78, 5) is 36.0. The van der Waals surface area contributed by atoms with E-state index in [-0.39, 0.29) is 17.7 Å². The molecule has 1 aliphatic heterocycles. The van der Waals surface area contributed by atoms with Crippen molar-refractivity contribution >= 4 is 73.5 Å². The Balaban J connectivity index is 2.27. The fourth-order valence-corrected chi connectivity index (χ4v) is 4.49. The number of ether oxygens (including phenoxy) is 1. The van der Waals surface area contributed by atoms with Crippen molar-refractivity contribution in [2.45, 2.75) is 0 Å². The molecule has 0 bridgehead atoms. The highest BCUT2D eigenvalue weighted by atomic mass is 127. The monoisotopic (exact) mass is 523 g/mol. The van der Waals surface area contributed by atoms with Crippen molar-refractivity contribution in [2.24, 2.45) is 0 Å². The Labute approximate surface area is 164 Å². The Morgan fingerprint density at radius 1 is 1.46 bits per heavy atom. The Hall–Kier alpha value is -1.33. The van der Waals surface area contributed by atoms with Gasteiger partial charge in [-0.1, -0.05) is 6.08 Å². The fraction of sp³-hybridized carbons (Fsp3) is 0.133. The number of halogens is 2. The first-order chi connectivity index (χ1) is 11.3. The molecule has 1 saturated heterocycles. The number of thioether (sulfide) groups is 1. The van der Waals surface area contributed by atoms with Gasteiger partial charge >= 0.3 is 5.97 Å². The number of hydrogen-bond donors (Lipinski definition) is 1. The molecule has 0 radical (unpaired) electrons. The molecule has 0 aromatic heterocycles. The lowest BCUT2D eigenvalue weighted by molar-refractivity contribution is -0.139. The minimum Gasteiger partial charge on any atom is -0.480 e. The number of benzene rings is 1. The number of carbonyl (C=O) groups is 3. The van der Waals surface area contributed by atoms with Gasteiger partial charge in [-0.05, 0) is 74.1 Å². The zero-order valence-corrected chi connectivity index (χ0v) is 16.7. The van der Waals surface area contributed by atoms with E-state index in [1.54, 1.807) is 18.2 Å². The van der Waals surface area contributed by atoms with Crippen LogP contribution < -0.4 is 4.74 Å². The largest absolute Gasteiger partial charge is 0.480 e. The average Bonchev–Trinajstić information content (AvgIpc) is 2.74. The lowest BCUT2D eigenvalue weighted by Gasteiger charge is -2.10. The highest BCUT2D eigenvalue weighted by molar-refractivity contribution is 14.1. The molecule has 24 heavy (non-hydrogen) atoms. The van der Waals surface area contributed by atoms with Crippen molar-refractivity contribution in [1.82, 2.24) is 4.90 Å². The average molecular weight is 524 g/mol. The van der Waals surface area contributed by atoms with Crippen molar-refractivity contribution in [3.63, 3.8) is 0 Å². The van der Waals surface area contributed by atoms with E-state index in [9.17, 15) is 14.4 Å². The van der Waals surface area contributed by atoms with Crippen LogP contribution in [0, 0.1) is 3.57 Å². The predicted molar refractivity (Wildman–Crippen MR) is 103 cm³/mol. The number of amides is 2. The first kappa shape index (κ1) is 19.0. The lowest BCUT2D eigenvalue weighted by atomic mass is 10.2. The molecule has 2 amide bonds. The van der Waals surface area contributed by atoms with E-state index in [0.29, 0.717) is 24.3 Å². The van der Waals surface area contributed by atoms with Gasteiger partial charge in [0.25, 0.3) is 11.1 Å². The normalized spacial score (nSPS) is 15.9. The van der Waals surface area contributed by atoms with Crippen molar-refractivity contribution in [1.29, 1.82) is 0 Å². The van der Waals surface area contributed by atoms with Gasteiger partial charge in [0.1, 0.15) is 5.75 Å². The van der Waals surface area contributed by atoms with Crippen molar-refractivity contribution in [2.75, 3.05) is 13.2 Å². The van der Waals surface area contributed by atoms with E-state index in [2.05, 4.69) is 22.5 Å². The minimum atomic E-state index is -1.07. The Kier molecular flexibility index (Phi) is 6.47. The van der Waals surface area contributed by atoms with Crippen LogP contribution in [0.3, 0.4) is 0 Å². The SMILES string of the molecule is C=CCN1C(=O)S/C(=C/c2cc(Br)c(OCC(=O)O)c(I)c2)C1=O. The van der Waals surface area contributed by atoms with Gasteiger partial charge in [-0.25, -0.2) is 4.79 Å². The third kappa shape index (κ3) is 4.39. The van der Waals surface area contributed by atoms with Crippen LogP contribution in [0.4, 0.5) is 4.79 Å².